The summed E-state index contributed by atoms with van der Waals surface area (Å²) in [7, 11) is -1.45. The average Bonchev–Trinajstić information content (AvgIpc) is 2.88. The molecule has 0 saturated carbocycles. The molecule has 0 aliphatic carbocycles. The number of hydrogen-bond donors (Lipinski definition) is 3. The SMILES string of the molecule is CN=C(NCCc1c(C)[nH]c2ccccc12)NCCS(=O)(=O)C(C)(C)C.I. The van der Waals surface area contributed by atoms with E-state index < -0.39 is 14.6 Å². The second-order valence-corrected chi connectivity index (χ2v) is 10.2. The molecule has 6 nitrogen and oxygen atoms in total. The van der Waals surface area contributed by atoms with Gasteiger partial charge in [-0.1, -0.05) is 18.2 Å². The maximum atomic E-state index is 12.1. The van der Waals surface area contributed by atoms with Crippen LogP contribution in [0.3, 0.4) is 0 Å². The molecule has 2 rings (SSSR count). The van der Waals surface area contributed by atoms with Crippen LogP contribution in [0, 0.1) is 6.92 Å². The standard InChI is InChI=1S/C19H30N4O2S.HI/c1-14-15(16-8-6-7-9-17(16)23-14)10-11-21-18(20-5)22-12-13-26(24,25)19(2,3)4;/h6-9,23H,10-13H2,1-5H3,(H2,20,21,22);1H. The summed E-state index contributed by atoms with van der Waals surface area (Å²) in [6.07, 6.45) is 0.858. The van der Waals surface area contributed by atoms with E-state index in [2.05, 4.69) is 39.7 Å². The fraction of sp³-hybridized carbons (Fsp3) is 0.526. The first-order valence-corrected chi connectivity index (χ1v) is 10.5. The number of benzene rings is 1. The van der Waals surface area contributed by atoms with E-state index in [9.17, 15) is 8.42 Å². The number of rotatable bonds is 6. The molecule has 1 heterocycles. The molecule has 3 N–H and O–H groups in total. The number of guanidine groups is 1. The zero-order valence-corrected chi connectivity index (χ0v) is 19.9. The highest BCUT2D eigenvalue weighted by Crippen LogP contribution is 2.21. The number of aromatic amines is 1. The fourth-order valence-electron chi connectivity index (χ4n) is 2.79. The van der Waals surface area contributed by atoms with Gasteiger partial charge in [-0.05, 0) is 45.7 Å². The van der Waals surface area contributed by atoms with Gasteiger partial charge >= 0.3 is 0 Å². The van der Waals surface area contributed by atoms with E-state index in [1.807, 2.05) is 12.1 Å². The van der Waals surface area contributed by atoms with Gasteiger partial charge < -0.3 is 15.6 Å². The summed E-state index contributed by atoms with van der Waals surface area (Å²) in [6.45, 7) is 8.30. The van der Waals surface area contributed by atoms with Crippen LogP contribution >= 0.6 is 24.0 Å². The number of fused-ring (bicyclic) bond motifs is 1. The Bertz CT molecular complexity index is 883. The van der Waals surface area contributed by atoms with Crippen LogP contribution in [0.2, 0.25) is 0 Å². The Kier molecular flexibility index (Phi) is 8.59. The van der Waals surface area contributed by atoms with Gasteiger partial charge in [-0.3, -0.25) is 4.99 Å². The summed E-state index contributed by atoms with van der Waals surface area (Å²) in [6, 6.07) is 8.27. The summed E-state index contributed by atoms with van der Waals surface area (Å²) in [5.74, 6) is 0.699. The first-order valence-electron chi connectivity index (χ1n) is 8.88. The molecule has 0 amide bonds. The summed E-state index contributed by atoms with van der Waals surface area (Å²) in [5, 5.41) is 7.58. The van der Waals surface area contributed by atoms with Crippen molar-refractivity contribution in [1.82, 2.24) is 15.6 Å². The molecule has 8 heteroatoms. The van der Waals surface area contributed by atoms with Crippen LogP contribution in [0.1, 0.15) is 32.0 Å². The largest absolute Gasteiger partial charge is 0.358 e. The Morgan fingerprint density at radius 1 is 1.15 bits per heavy atom. The van der Waals surface area contributed by atoms with Crippen molar-refractivity contribution in [3.05, 3.63) is 35.5 Å². The molecule has 0 fully saturated rings. The molecule has 0 aliphatic heterocycles. The van der Waals surface area contributed by atoms with Crippen molar-refractivity contribution in [1.29, 1.82) is 0 Å². The van der Waals surface area contributed by atoms with Gasteiger partial charge in [0, 0.05) is 36.7 Å². The van der Waals surface area contributed by atoms with E-state index in [1.54, 1.807) is 27.8 Å². The van der Waals surface area contributed by atoms with Gasteiger partial charge in [0.05, 0.1) is 10.5 Å². The molecule has 2 aromatic rings. The van der Waals surface area contributed by atoms with E-state index in [4.69, 9.17) is 0 Å². The molecule has 0 saturated heterocycles. The lowest BCUT2D eigenvalue weighted by atomic mass is 10.1. The quantitative estimate of drug-likeness (QED) is 0.320. The van der Waals surface area contributed by atoms with E-state index >= 15 is 0 Å². The Balaban J connectivity index is 0.00000364. The van der Waals surface area contributed by atoms with Crippen molar-refractivity contribution in [3.63, 3.8) is 0 Å². The van der Waals surface area contributed by atoms with Crippen LogP contribution in [-0.2, 0) is 16.3 Å². The molecule has 0 bridgehead atoms. The molecule has 0 aliphatic rings. The summed E-state index contributed by atoms with van der Waals surface area (Å²) < 4.78 is 23.6. The number of halogens is 1. The normalized spacial score (nSPS) is 12.7. The minimum Gasteiger partial charge on any atom is -0.358 e. The van der Waals surface area contributed by atoms with E-state index in [0.717, 1.165) is 11.9 Å². The highest BCUT2D eigenvalue weighted by molar-refractivity contribution is 14.0. The maximum absolute atomic E-state index is 12.1. The number of aliphatic imine (C=N–C) groups is 1. The van der Waals surface area contributed by atoms with Crippen molar-refractivity contribution in [2.75, 3.05) is 25.9 Å². The lowest BCUT2D eigenvalue weighted by molar-refractivity contribution is 0.559. The van der Waals surface area contributed by atoms with Crippen molar-refractivity contribution in [3.8, 4) is 0 Å². The molecular formula is C19H31IN4O2S. The van der Waals surface area contributed by atoms with Gasteiger partial charge in [-0.15, -0.1) is 24.0 Å². The molecule has 0 spiro atoms. The van der Waals surface area contributed by atoms with E-state index in [-0.39, 0.29) is 29.7 Å². The molecule has 152 valence electrons. The highest BCUT2D eigenvalue weighted by Gasteiger charge is 2.28. The van der Waals surface area contributed by atoms with Gasteiger partial charge in [0.15, 0.2) is 15.8 Å². The third-order valence-corrected chi connectivity index (χ3v) is 7.12. The zero-order chi connectivity index (χ0) is 19.4. The first-order chi connectivity index (χ1) is 12.2. The Morgan fingerprint density at radius 2 is 1.78 bits per heavy atom. The third-order valence-electron chi connectivity index (χ3n) is 4.51. The van der Waals surface area contributed by atoms with Crippen LogP contribution in [-0.4, -0.2) is 50.0 Å². The van der Waals surface area contributed by atoms with Crippen molar-refractivity contribution in [2.45, 2.75) is 38.9 Å². The monoisotopic (exact) mass is 506 g/mol. The van der Waals surface area contributed by atoms with Gasteiger partial charge in [0.2, 0.25) is 0 Å². The lowest BCUT2D eigenvalue weighted by Crippen LogP contribution is -2.42. The van der Waals surface area contributed by atoms with Gasteiger partial charge in [-0.25, -0.2) is 8.42 Å². The molecule has 0 radical (unpaired) electrons. The van der Waals surface area contributed by atoms with Crippen LogP contribution in [0.4, 0.5) is 0 Å². The number of para-hydroxylation sites is 1. The number of nitrogens with zero attached hydrogens (tertiary/aromatic N) is 1. The van der Waals surface area contributed by atoms with Crippen LogP contribution in [0.5, 0.6) is 0 Å². The smallest absolute Gasteiger partial charge is 0.191 e. The summed E-state index contributed by atoms with van der Waals surface area (Å²) in [4.78, 5) is 7.57. The minimum absolute atomic E-state index is 0. The number of aryl methyl sites for hydroxylation is 1. The Morgan fingerprint density at radius 3 is 2.41 bits per heavy atom. The second-order valence-electron chi connectivity index (χ2n) is 7.38. The number of hydrogen-bond acceptors (Lipinski definition) is 3. The predicted molar refractivity (Wildman–Crippen MR) is 125 cm³/mol. The molecule has 1 aromatic heterocycles. The van der Waals surface area contributed by atoms with Crippen LogP contribution < -0.4 is 10.6 Å². The summed E-state index contributed by atoms with van der Waals surface area (Å²) >= 11 is 0. The molecule has 0 unspecified atom stereocenters. The maximum Gasteiger partial charge on any atom is 0.191 e. The van der Waals surface area contributed by atoms with E-state index in [1.165, 1.54) is 16.6 Å². The van der Waals surface area contributed by atoms with Crippen molar-refractivity contribution in [2.24, 2.45) is 4.99 Å². The average molecular weight is 506 g/mol. The van der Waals surface area contributed by atoms with Gasteiger partial charge in [-0.2, -0.15) is 0 Å². The topological polar surface area (TPSA) is 86.3 Å². The summed E-state index contributed by atoms with van der Waals surface area (Å²) in [5.41, 5.74) is 3.61. The van der Waals surface area contributed by atoms with Crippen molar-refractivity contribution < 1.29 is 8.42 Å². The molecular weight excluding hydrogens is 475 g/mol. The predicted octanol–water partition coefficient (Wildman–Crippen LogP) is 3.02. The minimum atomic E-state index is -3.14. The molecule has 27 heavy (non-hydrogen) atoms. The van der Waals surface area contributed by atoms with Gasteiger partial charge in [0.1, 0.15) is 0 Å². The highest BCUT2D eigenvalue weighted by atomic mass is 127. The Hall–Kier alpha value is -1.29. The fourth-order valence-corrected chi connectivity index (χ4v) is 3.78. The Labute approximate surface area is 179 Å². The number of aromatic nitrogens is 1. The molecule has 0 atom stereocenters. The first kappa shape index (κ1) is 23.7. The lowest BCUT2D eigenvalue weighted by Gasteiger charge is -2.19. The second kappa shape index (κ2) is 9.77. The van der Waals surface area contributed by atoms with Gasteiger partial charge in [0.25, 0.3) is 0 Å². The molecule has 1 aromatic carbocycles. The number of H-pyrrole nitrogens is 1. The van der Waals surface area contributed by atoms with Crippen LogP contribution in [0.25, 0.3) is 10.9 Å². The number of sulfone groups is 1. The van der Waals surface area contributed by atoms with Crippen molar-refractivity contribution >= 4 is 50.7 Å². The van der Waals surface area contributed by atoms with E-state index in [0.29, 0.717) is 19.0 Å². The zero-order valence-electron chi connectivity index (χ0n) is 16.7. The number of nitrogens with one attached hydrogen (secondary N) is 3. The van der Waals surface area contributed by atoms with Crippen LogP contribution in [0.15, 0.2) is 29.3 Å². The third kappa shape index (κ3) is 6.10.